The summed E-state index contributed by atoms with van der Waals surface area (Å²) in [6.07, 6.45) is 1.65. The lowest BCUT2D eigenvalue weighted by molar-refractivity contribution is 0.184. The number of anilines is 2. The number of rotatable bonds is 7. The highest BCUT2D eigenvalue weighted by molar-refractivity contribution is 7.09. The predicted molar refractivity (Wildman–Crippen MR) is 145 cm³/mol. The molecule has 0 fully saturated rings. The molecule has 0 aliphatic carbocycles. The molecule has 0 aliphatic rings. The second-order valence-corrected chi connectivity index (χ2v) is 9.52. The van der Waals surface area contributed by atoms with Gasteiger partial charge in [0.25, 0.3) is 5.56 Å². The maximum Gasteiger partial charge on any atom is 0.264 e. The molecule has 0 saturated heterocycles. The number of hydrogen-bond acceptors (Lipinski definition) is 8. The summed E-state index contributed by atoms with van der Waals surface area (Å²) in [5.41, 5.74) is 8.63. The molecular weight excluding hydrogens is 496 g/mol. The minimum atomic E-state index is -0.341. The van der Waals surface area contributed by atoms with E-state index in [0.717, 1.165) is 21.8 Å². The molecule has 3 heterocycles. The molecule has 10 heteroatoms. The van der Waals surface area contributed by atoms with Crippen LogP contribution in [0, 0.1) is 0 Å². The second kappa shape index (κ2) is 10.1. The van der Waals surface area contributed by atoms with Gasteiger partial charge in [0, 0.05) is 30.1 Å². The number of nitrogen functional groups attached to an aromatic ring is 1. The highest BCUT2D eigenvalue weighted by atomic mass is 35.5. The Morgan fingerprint density at radius 1 is 1.17 bits per heavy atom. The van der Waals surface area contributed by atoms with Gasteiger partial charge in [-0.1, -0.05) is 41.9 Å². The molecule has 0 unspecified atom stereocenters. The van der Waals surface area contributed by atoms with Gasteiger partial charge < -0.3 is 15.8 Å². The van der Waals surface area contributed by atoms with E-state index in [4.69, 9.17) is 22.1 Å². The number of para-hydroxylation sites is 1. The third-order valence-corrected chi connectivity index (χ3v) is 6.88. The summed E-state index contributed by atoms with van der Waals surface area (Å²) in [5.74, 6) is 0.647. The van der Waals surface area contributed by atoms with Gasteiger partial charge in [0.15, 0.2) is 0 Å². The standard InChI is InChI=1S/C26H23ClN6O2S/c1-15(30-24-18(12-29-26(28)32-24)20-14-36-22(31-20)13-35-2)21-11-16-7-6-10-19(27)23(16)25(34)33(21)17-8-4-3-5-9-17/h3-12,14-15H,13H2,1-2H3,(H3,28,29,30,32)/t15-/m0/s1. The van der Waals surface area contributed by atoms with Crippen molar-refractivity contribution in [2.45, 2.75) is 19.6 Å². The lowest BCUT2D eigenvalue weighted by atomic mass is 10.1. The van der Waals surface area contributed by atoms with E-state index in [0.29, 0.717) is 34.1 Å². The van der Waals surface area contributed by atoms with Crippen LogP contribution in [0.2, 0.25) is 5.02 Å². The summed E-state index contributed by atoms with van der Waals surface area (Å²) < 4.78 is 6.87. The van der Waals surface area contributed by atoms with Crippen LogP contribution in [-0.4, -0.2) is 26.6 Å². The molecule has 36 heavy (non-hydrogen) atoms. The first-order chi connectivity index (χ1) is 17.5. The largest absolute Gasteiger partial charge is 0.378 e. The fraction of sp³-hybridized carbons (Fsp3) is 0.154. The minimum Gasteiger partial charge on any atom is -0.378 e. The Balaban J connectivity index is 1.63. The summed E-state index contributed by atoms with van der Waals surface area (Å²) in [6, 6.07) is 16.5. The van der Waals surface area contributed by atoms with Gasteiger partial charge in [0.1, 0.15) is 10.8 Å². The Hall–Kier alpha value is -3.79. The van der Waals surface area contributed by atoms with Crippen LogP contribution in [0.3, 0.4) is 0 Å². The molecule has 5 rings (SSSR count). The topological polar surface area (TPSA) is 108 Å². The van der Waals surface area contributed by atoms with Crippen molar-refractivity contribution in [3.63, 3.8) is 0 Å². The molecule has 5 aromatic rings. The smallest absolute Gasteiger partial charge is 0.264 e. The van der Waals surface area contributed by atoms with Gasteiger partial charge in [-0.05, 0) is 36.6 Å². The Labute approximate surface area is 216 Å². The van der Waals surface area contributed by atoms with Crippen LogP contribution in [0.25, 0.3) is 27.7 Å². The van der Waals surface area contributed by atoms with E-state index in [1.165, 1.54) is 11.3 Å². The first-order valence-electron chi connectivity index (χ1n) is 11.2. The zero-order valence-electron chi connectivity index (χ0n) is 19.6. The number of aromatic nitrogens is 4. The number of halogens is 1. The number of nitrogens with zero attached hydrogens (tertiary/aromatic N) is 4. The van der Waals surface area contributed by atoms with E-state index < -0.39 is 0 Å². The molecule has 182 valence electrons. The fourth-order valence-electron chi connectivity index (χ4n) is 4.10. The molecule has 0 aliphatic heterocycles. The Morgan fingerprint density at radius 3 is 2.75 bits per heavy atom. The number of methoxy groups -OCH3 is 1. The van der Waals surface area contributed by atoms with Crippen molar-refractivity contribution in [1.29, 1.82) is 0 Å². The van der Waals surface area contributed by atoms with Crippen LogP contribution in [-0.2, 0) is 11.3 Å². The summed E-state index contributed by atoms with van der Waals surface area (Å²) in [4.78, 5) is 27.0. The molecule has 8 nitrogen and oxygen atoms in total. The van der Waals surface area contributed by atoms with Crippen molar-refractivity contribution in [2.75, 3.05) is 18.2 Å². The van der Waals surface area contributed by atoms with E-state index in [-0.39, 0.29) is 17.5 Å². The van der Waals surface area contributed by atoms with Gasteiger partial charge in [0.2, 0.25) is 5.95 Å². The van der Waals surface area contributed by atoms with E-state index in [1.807, 2.05) is 60.8 Å². The van der Waals surface area contributed by atoms with E-state index in [1.54, 1.807) is 23.9 Å². The zero-order valence-corrected chi connectivity index (χ0v) is 21.2. The van der Waals surface area contributed by atoms with Crippen molar-refractivity contribution in [2.24, 2.45) is 0 Å². The predicted octanol–water partition coefficient (Wildman–Crippen LogP) is 5.46. The zero-order chi connectivity index (χ0) is 25.2. The highest BCUT2D eigenvalue weighted by Crippen LogP contribution is 2.32. The lowest BCUT2D eigenvalue weighted by Gasteiger charge is -2.22. The molecular formula is C26H23ClN6O2S. The van der Waals surface area contributed by atoms with Crippen LogP contribution < -0.4 is 16.6 Å². The van der Waals surface area contributed by atoms with Crippen LogP contribution in [0.5, 0.6) is 0 Å². The minimum absolute atomic E-state index is 0.131. The van der Waals surface area contributed by atoms with Gasteiger partial charge in [-0.15, -0.1) is 11.3 Å². The number of hydrogen-bond donors (Lipinski definition) is 2. The number of fused-ring (bicyclic) bond motifs is 1. The Morgan fingerprint density at radius 2 is 1.97 bits per heavy atom. The summed E-state index contributed by atoms with van der Waals surface area (Å²) >= 11 is 7.93. The fourth-order valence-corrected chi connectivity index (χ4v) is 5.12. The summed E-state index contributed by atoms with van der Waals surface area (Å²) in [5, 5.41) is 7.84. The van der Waals surface area contributed by atoms with Crippen LogP contribution >= 0.6 is 22.9 Å². The third kappa shape index (κ3) is 4.56. The van der Waals surface area contributed by atoms with Gasteiger partial charge in [-0.25, -0.2) is 9.97 Å². The monoisotopic (exact) mass is 518 g/mol. The number of pyridine rings is 1. The maximum absolute atomic E-state index is 13.7. The Kier molecular flexibility index (Phi) is 6.69. The molecule has 0 bridgehead atoms. The van der Waals surface area contributed by atoms with Crippen molar-refractivity contribution >= 4 is 45.5 Å². The first-order valence-corrected chi connectivity index (χ1v) is 12.4. The first kappa shape index (κ1) is 23.9. The number of nitrogens with two attached hydrogens (primary N) is 1. The summed E-state index contributed by atoms with van der Waals surface area (Å²) in [6.45, 7) is 2.38. The molecule has 0 amide bonds. The van der Waals surface area contributed by atoms with Crippen molar-refractivity contribution in [3.05, 3.63) is 92.3 Å². The van der Waals surface area contributed by atoms with Crippen LogP contribution in [0.4, 0.5) is 11.8 Å². The molecule has 0 radical (unpaired) electrons. The number of benzene rings is 2. The summed E-state index contributed by atoms with van der Waals surface area (Å²) in [7, 11) is 1.63. The number of ether oxygens (including phenoxy) is 1. The van der Waals surface area contributed by atoms with Crippen molar-refractivity contribution < 1.29 is 4.74 Å². The van der Waals surface area contributed by atoms with E-state index in [2.05, 4.69) is 20.3 Å². The molecule has 1 atom stereocenters. The number of nitrogens with one attached hydrogen (secondary N) is 1. The van der Waals surface area contributed by atoms with Crippen molar-refractivity contribution in [1.82, 2.24) is 19.5 Å². The van der Waals surface area contributed by atoms with Gasteiger partial charge >= 0.3 is 0 Å². The van der Waals surface area contributed by atoms with E-state index in [9.17, 15) is 4.79 Å². The van der Waals surface area contributed by atoms with Gasteiger partial charge in [0.05, 0.1) is 34.3 Å². The second-order valence-electron chi connectivity index (χ2n) is 8.17. The van der Waals surface area contributed by atoms with Crippen LogP contribution in [0.15, 0.2) is 71.0 Å². The average Bonchev–Trinajstić information content (AvgIpc) is 3.33. The molecule has 0 saturated carbocycles. The normalized spacial score (nSPS) is 12.1. The number of thiazole rings is 1. The third-order valence-electron chi connectivity index (χ3n) is 5.74. The van der Waals surface area contributed by atoms with Crippen LogP contribution in [0.1, 0.15) is 23.7 Å². The van der Waals surface area contributed by atoms with Gasteiger partial charge in [-0.3, -0.25) is 9.36 Å². The Bertz CT molecular complexity index is 1600. The maximum atomic E-state index is 13.7. The highest BCUT2D eigenvalue weighted by Gasteiger charge is 2.20. The lowest BCUT2D eigenvalue weighted by Crippen LogP contribution is -2.26. The average molecular weight is 519 g/mol. The van der Waals surface area contributed by atoms with Crippen molar-refractivity contribution in [3.8, 4) is 16.9 Å². The quantitative estimate of drug-likeness (QED) is 0.294. The molecule has 0 spiro atoms. The van der Waals surface area contributed by atoms with Gasteiger partial charge in [-0.2, -0.15) is 4.98 Å². The van der Waals surface area contributed by atoms with E-state index >= 15 is 0 Å². The molecule has 3 aromatic heterocycles. The molecule has 2 aromatic carbocycles. The molecule has 3 N–H and O–H groups in total. The SMILES string of the molecule is COCc1nc(-c2cnc(N)nc2N[C@@H](C)c2cc3cccc(Cl)c3c(=O)n2-c2ccccc2)cs1.